The van der Waals surface area contributed by atoms with Crippen LogP contribution in [-0.4, -0.2) is 30.5 Å². The number of rotatable bonds is 9. The summed E-state index contributed by atoms with van der Waals surface area (Å²) in [5, 5.41) is 0. The van der Waals surface area contributed by atoms with E-state index in [0.29, 0.717) is 25.6 Å². The SMILES string of the molecule is COc1ccccc1CN(C(=O)CCCCCN)C1CC1. The Balaban J connectivity index is 1.94. The van der Waals surface area contributed by atoms with Crippen molar-refractivity contribution in [3.8, 4) is 5.75 Å². The minimum atomic E-state index is 0.264. The van der Waals surface area contributed by atoms with Crippen LogP contribution in [0.15, 0.2) is 24.3 Å². The molecule has 0 bridgehead atoms. The predicted molar refractivity (Wildman–Crippen MR) is 84.1 cm³/mol. The lowest BCUT2D eigenvalue weighted by molar-refractivity contribution is -0.132. The monoisotopic (exact) mass is 290 g/mol. The largest absolute Gasteiger partial charge is 0.496 e. The lowest BCUT2D eigenvalue weighted by Crippen LogP contribution is -2.32. The third-order valence-electron chi connectivity index (χ3n) is 3.94. The number of carbonyl (C=O) groups is 1. The van der Waals surface area contributed by atoms with Gasteiger partial charge in [0.05, 0.1) is 7.11 Å². The summed E-state index contributed by atoms with van der Waals surface area (Å²) >= 11 is 0. The molecule has 1 aromatic rings. The van der Waals surface area contributed by atoms with Gasteiger partial charge >= 0.3 is 0 Å². The van der Waals surface area contributed by atoms with Crippen molar-refractivity contribution in [2.24, 2.45) is 5.73 Å². The maximum Gasteiger partial charge on any atom is 0.223 e. The molecule has 0 heterocycles. The van der Waals surface area contributed by atoms with Crippen LogP contribution in [0, 0.1) is 0 Å². The summed E-state index contributed by atoms with van der Waals surface area (Å²) in [6.45, 7) is 1.37. The van der Waals surface area contributed by atoms with Crippen molar-refractivity contribution in [1.82, 2.24) is 4.90 Å². The fraction of sp³-hybridized carbons (Fsp3) is 0.588. The van der Waals surface area contributed by atoms with Crippen molar-refractivity contribution >= 4 is 5.91 Å². The van der Waals surface area contributed by atoms with Crippen LogP contribution >= 0.6 is 0 Å². The third kappa shape index (κ3) is 4.74. The molecule has 2 N–H and O–H groups in total. The zero-order valence-electron chi connectivity index (χ0n) is 12.9. The average molecular weight is 290 g/mol. The lowest BCUT2D eigenvalue weighted by Gasteiger charge is -2.23. The van der Waals surface area contributed by atoms with E-state index in [2.05, 4.69) is 0 Å². The normalized spacial score (nSPS) is 14.0. The molecule has 0 aromatic heterocycles. The Kier molecular flexibility index (Phi) is 6.05. The third-order valence-corrected chi connectivity index (χ3v) is 3.94. The van der Waals surface area contributed by atoms with Crippen LogP contribution in [0.4, 0.5) is 0 Å². The number of hydrogen-bond acceptors (Lipinski definition) is 3. The molecular weight excluding hydrogens is 264 g/mol. The van der Waals surface area contributed by atoms with Gasteiger partial charge < -0.3 is 15.4 Å². The Morgan fingerprint density at radius 2 is 2.05 bits per heavy atom. The van der Waals surface area contributed by atoms with Crippen molar-refractivity contribution in [2.45, 2.75) is 51.1 Å². The van der Waals surface area contributed by atoms with Crippen LogP contribution in [0.5, 0.6) is 5.75 Å². The second kappa shape index (κ2) is 8.03. The number of carbonyl (C=O) groups excluding carboxylic acids is 1. The summed E-state index contributed by atoms with van der Waals surface area (Å²) in [5.41, 5.74) is 6.57. The Morgan fingerprint density at radius 1 is 1.29 bits per heavy atom. The molecule has 116 valence electrons. The van der Waals surface area contributed by atoms with Gasteiger partial charge in [-0.15, -0.1) is 0 Å². The number of nitrogens with two attached hydrogens (primary N) is 1. The summed E-state index contributed by atoms with van der Waals surface area (Å²) in [6.07, 6.45) is 5.86. The summed E-state index contributed by atoms with van der Waals surface area (Å²) < 4.78 is 5.39. The summed E-state index contributed by atoms with van der Waals surface area (Å²) in [6, 6.07) is 8.37. The van der Waals surface area contributed by atoms with E-state index >= 15 is 0 Å². The number of amides is 1. The maximum absolute atomic E-state index is 12.4. The molecule has 0 unspecified atom stereocenters. The van der Waals surface area contributed by atoms with Crippen molar-refractivity contribution in [3.05, 3.63) is 29.8 Å². The van der Waals surface area contributed by atoms with Crippen molar-refractivity contribution in [1.29, 1.82) is 0 Å². The molecule has 0 saturated heterocycles. The van der Waals surface area contributed by atoms with Crippen LogP contribution in [-0.2, 0) is 11.3 Å². The molecule has 1 aliphatic carbocycles. The standard InChI is InChI=1S/C17H26N2O2/c1-21-16-8-5-4-7-14(16)13-19(15-10-11-15)17(20)9-3-2-6-12-18/h4-5,7-8,15H,2-3,6,9-13,18H2,1H3. The first kappa shape index (κ1) is 15.8. The van der Waals surface area contributed by atoms with Gasteiger partial charge in [-0.05, 0) is 38.3 Å². The zero-order valence-corrected chi connectivity index (χ0v) is 12.9. The number of nitrogens with zero attached hydrogens (tertiary/aromatic N) is 1. The number of methoxy groups -OCH3 is 1. The first-order valence-electron chi connectivity index (χ1n) is 7.87. The zero-order chi connectivity index (χ0) is 15.1. The molecule has 2 rings (SSSR count). The Hall–Kier alpha value is -1.55. The molecule has 0 aliphatic heterocycles. The van der Waals surface area contributed by atoms with E-state index in [1.807, 2.05) is 29.2 Å². The van der Waals surface area contributed by atoms with Gasteiger partial charge in [0.15, 0.2) is 0 Å². The van der Waals surface area contributed by atoms with Gasteiger partial charge in [0.1, 0.15) is 5.75 Å². The van der Waals surface area contributed by atoms with Crippen LogP contribution in [0.1, 0.15) is 44.1 Å². The van der Waals surface area contributed by atoms with E-state index < -0.39 is 0 Å². The van der Waals surface area contributed by atoms with Crippen molar-refractivity contribution in [3.63, 3.8) is 0 Å². The van der Waals surface area contributed by atoms with E-state index in [1.165, 1.54) is 0 Å². The Labute approximate surface area is 127 Å². The number of unbranched alkanes of at least 4 members (excludes halogenated alkanes) is 2. The molecule has 0 spiro atoms. The highest BCUT2D eigenvalue weighted by Crippen LogP contribution is 2.31. The average Bonchev–Trinajstić information content (AvgIpc) is 3.34. The Bertz CT molecular complexity index is 458. The fourth-order valence-corrected chi connectivity index (χ4v) is 2.57. The Morgan fingerprint density at radius 3 is 2.71 bits per heavy atom. The molecule has 1 aromatic carbocycles. The molecule has 1 amide bonds. The van der Waals surface area contributed by atoms with E-state index in [4.69, 9.17) is 10.5 Å². The maximum atomic E-state index is 12.4. The highest BCUT2D eigenvalue weighted by Gasteiger charge is 2.32. The molecular formula is C17H26N2O2. The molecule has 4 nitrogen and oxygen atoms in total. The lowest BCUT2D eigenvalue weighted by atomic mass is 10.1. The van der Waals surface area contributed by atoms with Crippen molar-refractivity contribution in [2.75, 3.05) is 13.7 Å². The first-order chi connectivity index (χ1) is 10.3. The minimum Gasteiger partial charge on any atom is -0.496 e. The number of benzene rings is 1. The molecule has 4 heteroatoms. The topological polar surface area (TPSA) is 55.6 Å². The van der Waals surface area contributed by atoms with Gasteiger partial charge in [-0.1, -0.05) is 24.6 Å². The van der Waals surface area contributed by atoms with Gasteiger partial charge in [0.25, 0.3) is 0 Å². The van der Waals surface area contributed by atoms with Crippen LogP contribution in [0.2, 0.25) is 0 Å². The molecule has 0 atom stereocenters. The number of para-hydroxylation sites is 1. The van der Waals surface area contributed by atoms with E-state index in [1.54, 1.807) is 7.11 Å². The minimum absolute atomic E-state index is 0.264. The molecule has 1 fully saturated rings. The molecule has 0 radical (unpaired) electrons. The highest BCUT2D eigenvalue weighted by atomic mass is 16.5. The van der Waals surface area contributed by atoms with Gasteiger partial charge in [-0.3, -0.25) is 4.79 Å². The second-order valence-electron chi connectivity index (χ2n) is 5.66. The molecule has 1 saturated carbocycles. The van der Waals surface area contributed by atoms with E-state index in [9.17, 15) is 4.79 Å². The quantitative estimate of drug-likeness (QED) is 0.711. The predicted octanol–water partition coefficient (Wildman–Crippen LogP) is 2.71. The van der Waals surface area contributed by atoms with Gasteiger partial charge in [0.2, 0.25) is 5.91 Å². The van der Waals surface area contributed by atoms with Crippen molar-refractivity contribution < 1.29 is 9.53 Å². The first-order valence-corrected chi connectivity index (χ1v) is 7.87. The van der Waals surface area contributed by atoms with Gasteiger partial charge in [-0.25, -0.2) is 0 Å². The van der Waals surface area contributed by atoms with E-state index in [-0.39, 0.29) is 5.91 Å². The van der Waals surface area contributed by atoms with Gasteiger partial charge in [0, 0.05) is 24.6 Å². The summed E-state index contributed by atoms with van der Waals surface area (Å²) in [4.78, 5) is 14.5. The second-order valence-corrected chi connectivity index (χ2v) is 5.66. The fourth-order valence-electron chi connectivity index (χ4n) is 2.57. The number of hydrogen-bond donors (Lipinski definition) is 1. The van der Waals surface area contributed by atoms with Crippen LogP contribution in [0.3, 0.4) is 0 Å². The smallest absolute Gasteiger partial charge is 0.223 e. The molecule has 1 aliphatic rings. The number of ether oxygens (including phenoxy) is 1. The summed E-state index contributed by atoms with van der Waals surface area (Å²) in [7, 11) is 1.68. The van der Waals surface area contributed by atoms with E-state index in [0.717, 1.165) is 43.4 Å². The molecule has 21 heavy (non-hydrogen) atoms. The van der Waals surface area contributed by atoms with Crippen LogP contribution < -0.4 is 10.5 Å². The van der Waals surface area contributed by atoms with Crippen LogP contribution in [0.25, 0.3) is 0 Å². The highest BCUT2D eigenvalue weighted by molar-refractivity contribution is 5.77. The summed E-state index contributed by atoms with van der Waals surface area (Å²) in [5.74, 6) is 1.12. The van der Waals surface area contributed by atoms with Gasteiger partial charge in [-0.2, -0.15) is 0 Å².